The molecule has 2 amide bonds. The number of hydrogen-bond acceptors (Lipinski definition) is 5. The molecule has 7 nitrogen and oxygen atoms in total. The van der Waals surface area contributed by atoms with Crippen LogP contribution in [-0.4, -0.2) is 37.3 Å². The van der Waals surface area contributed by atoms with Crippen LogP contribution < -0.4 is 20.2 Å². The van der Waals surface area contributed by atoms with Crippen molar-refractivity contribution < 1.29 is 19.1 Å². The van der Waals surface area contributed by atoms with Crippen LogP contribution in [0.1, 0.15) is 24.0 Å². The van der Waals surface area contributed by atoms with Crippen molar-refractivity contribution >= 4 is 57.2 Å². The highest BCUT2D eigenvalue weighted by atomic mass is 79.9. The third-order valence-electron chi connectivity index (χ3n) is 5.30. The molecule has 0 unspecified atom stereocenters. The lowest BCUT2D eigenvalue weighted by atomic mass is 10.1. The molecule has 39 heavy (non-hydrogen) atoms. The van der Waals surface area contributed by atoms with E-state index in [9.17, 15) is 9.59 Å². The minimum atomic E-state index is -0.844. The molecule has 0 aliphatic carbocycles. The van der Waals surface area contributed by atoms with Crippen LogP contribution in [-0.2, 0) is 16.0 Å². The van der Waals surface area contributed by atoms with Crippen LogP contribution >= 0.6 is 39.1 Å². The topological polar surface area (TPSA) is 89.0 Å². The number of carbonyl (C=O) groups is 2. The van der Waals surface area contributed by atoms with E-state index in [4.69, 9.17) is 39.1 Å². The van der Waals surface area contributed by atoms with Crippen LogP contribution in [0.15, 0.2) is 76.3 Å². The summed E-state index contributed by atoms with van der Waals surface area (Å²) in [4.78, 5) is 25.7. The van der Waals surface area contributed by atoms with Gasteiger partial charge in [-0.2, -0.15) is 5.10 Å². The summed E-state index contributed by atoms with van der Waals surface area (Å²) in [6.45, 7) is 0.364. The number of ether oxygens (including phenoxy) is 2. The van der Waals surface area contributed by atoms with E-state index in [2.05, 4.69) is 37.7 Å². The van der Waals surface area contributed by atoms with Crippen LogP contribution in [0.3, 0.4) is 0 Å². The predicted octanol–water partition coefficient (Wildman–Crippen LogP) is 5.80. The molecule has 3 aromatic carbocycles. The molecule has 10 heteroatoms. The van der Waals surface area contributed by atoms with Crippen LogP contribution in [0.25, 0.3) is 0 Å². The summed E-state index contributed by atoms with van der Waals surface area (Å²) >= 11 is 15.4. The summed E-state index contributed by atoms with van der Waals surface area (Å²) in [7, 11) is 0. The van der Waals surface area contributed by atoms with Gasteiger partial charge in [-0.25, -0.2) is 5.43 Å². The first-order valence-electron chi connectivity index (χ1n) is 12.0. The number of nitrogens with zero attached hydrogens (tertiary/aromatic N) is 1. The molecular formula is C29H26BrCl2N3O4. The summed E-state index contributed by atoms with van der Waals surface area (Å²) in [5, 5.41) is 7.78. The van der Waals surface area contributed by atoms with E-state index in [1.165, 1.54) is 6.21 Å². The summed E-state index contributed by atoms with van der Waals surface area (Å²) < 4.78 is 12.0. The van der Waals surface area contributed by atoms with E-state index in [0.29, 0.717) is 33.5 Å². The highest BCUT2D eigenvalue weighted by molar-refractivity contribution is 9.10. The van der Waals surface area contributed by atoms with E-state index in [1.54, 1.807) is 30.3 Å². The SMILES string of the molecule is C#CCOc1ccc(Br)cc1/C=N\NC(=O)[C@H](Cc1ccccc1)NC(=O)CCCOc1ccc(Cl)cc1Cl. The minimum absolute atomic E-state index is 0.0950. The molecule has 3 rings (SSSR count). The molecule has 1 atom stereocenters. The number of rotatable bonds is 13. The van der Waals surface area contributed by atoms with Crippen molar-refractivity contribution in [1.29, 1.82) is 0 Å². The second-order valence-electron chi connectivity index (χ2n) is 8.25. The standard InChI is InChI=1S/C29H26BrCl2N3O4/c1-2-14-38-26-12-10-22(30)17-21(26)19-33-35-29(37)25(16-20-7-4-3-5-8-20)34-28(36)9-6-15-39-27-13-11-23(31)18-24(27)32/h1,3-5,7-8,10-13,17-19,25H,6,9,14-16H2,(H,34,36)(H,35,37)/b33-19-/t25-/m0/s1. The average Bonchev–Trinajstić information content (AvgIpc) is 2.92. The number of hydrazone groups is 1. The van der Waals surface area contributed by atoms with Gasteiger partial charge >= 0.3 is 0 Å². The Morgan fingerprint density at radius 3 is 2.56 bits per heavy atom. The number of hydrogen-bond donors (Lipinski definition) is 2. The Kier molecular flexibility index (Phi) is 12.2. The fourth-order valence-corrected chi connectivity index (χ4v) is 4.29. The predicted molar refractivity (Wildman–Crippen MR) is 157 cm³/mol. The third-order valence-corrected chi connectivity index (χ3v) is 6.32. The van der Waals surface area contributed by atoms with Gasteiger partial charge in [-0.15, -0.1) is 6.42 Å². The number of benzene rings is 3. The van der Waals surface area contributed by atoms with Gasteiger partial charge in [-0.05, 0) is 48.4 Å². The molecule has 202 valence electrons. The van der Waals surface area contributed by atoms with Gasteiger partial charge in [0.1, 0.15) is 24.1 Å². The van der Waals surface area contributed by atoms with Crippen molar-refractivity contribution in [1.82, 2.24) is 10.7 Å². The Hall–Kier alpha value is -3.51. The fourth-order valence-electron chi connectivity index (χ4n) is 3.45. The quantitative estimate of drug-likeness (QED) is 0.108. The normalized spacial score (nSPS) is 11.4. The van der Waals surface area contributed by atoms with E-state index < -0.39 is 11.9 Å². The van der Waals surface area contributed by atoms with Gasteiger partial charge in [0.05, 0.1) is 17.8 Å². The summed E-state index contributed by atoms with van der Waals surface area (Å²) in [6, 6.07) is 18.8. The van der Waals surface area contributed by atoms with Crippen LogP contribution in [0, 0.1) is 12.3 Å². The lowest BCUT2D eigenvalue weighted by Gasteiger charge is -2.17. The number of amides is 2. The first kappa shape index (κ1) is 30.0. The van der Waals surface area contributed by atoms with Gasteiger partial charge in [0.25, 0.3) is 5.91 Å². The number of nitrogens with one attached hydrogen (secondary N) is 2. The van der Waals surface area contributed by atoms with E-state index in [-0.39, 0.29) is 32.0 Å². The van der Waals surface area contributed by atoms with Crippen molar-refractivity contribution in [2.75, 3.05) is 13.2 Å². The van der Waals surface area contributed by atoms with Gasteiger partial charge < -0.3 is 14.8 Å². The molecule has 2 N–H and O–H groups in total. The van der Waals surface area contributed by atoms with Gasteiger partial charge in [0.2, 0.25) is 5.91 Å². The first-order chi connectivity index (χ1) is 18.9. The number of halogens is 3. The maximum absolute atomic E-state index is 13.0. The summed E-state index contributed by atoms with van der Waals surface area (Å²) in [5.41, 5.74) is 4.02. The lowest BCUT2D eigenvalue weighted by Crippen LogP contribution is -2.46. The summed E-state index contributed by atoms with van der Waals surface area (Å²) in [6.07, 6.45) is 7.60. The van der Waals surface area contributed by atoms with Gasteiger partial charge in [0.15, 0.2) is 0 Å². The highest BCUT2D eigenvalue weighted by Crippen LogP contribution is 2.27. The minimum Gasteiger partial charge on any atom is -0.492 e. The Labute approximate surface area is 246 Å². The Morgan fingerprint density at radius 2 is 1.82 bits per heavy atom. The highest BCUT2D eigenvalue weighted by Gasteiger charge is 2.21. The van der Waals surface area contributed by atoms with Crippen molar-refractivity contribution in [2.45, 2.75) is 25.3 Å². The monoisotopic (exact) mass is 629 g/mol. The molecule has 0 radical (unpaired) electrons. The van der Waals surface area contributed by atoms with Gasteiger partial charge in [-0.1, -0.05) is 75.4 Å². The molecule has 0 spiro atoms. The second-order valence-corrected chi connectivity index (χ2v) is 10.0. The Morgan fingerprint density at radius 1 is 1.05 bits per heavy atom. The number of carbonyl (C=O) groups excluding carboxylic acids is 2. The largest absolute Gasteiger partial charge is 0.492 e. The molecule has 0 bridgehead atoms. The zero-order chi connectivity index (χ0) is 28.0. The molecule has 0 aromatic heterocycles. The second kappa shape index (κ2) is 15.8. The zero-order valence-electron chi connectivity index (χ0n) is 20.8. The van der Waals surface area contributed by atoms with Crippen molar-refractivity contribution in [3.63, 3.8) is 0 Å². The fraction of sp³-hybridized carbons (Fsp3) is 0.207. The molecule has 0 saturated carbocycles. The average molecular weight is 631 g/mol. The van der Waals surface area contributed by atoms with Crippen LogP contribution in [0.2, 0.25) is 10.0 Å². The molecule has 0 saturated heterocycles. The maximum Gasteiger partial charge on any atom is 0.262 e. The van der Waals surface area contributed by atoms with E-state index >= 15 is 0 Å². The lowest BCUT2D eigenvalue weighted by molar-refractivity contribution is -0.129. The molecule has 0 aliphatic heterocycles. The van der Waals surface area contributed by atoms with Gasteiger partial charge in [-0.3, -0.25) is 9.59 Å². The molecule has 0 aliphatic rings. The third kappa shape index (κ3) is 10.3. The van der Waals surface area contributed by atoms with Crippen molar-refractivity contribution in [2.24, 2.45) is 5.10 Å². The van der Waals surface area contributed by atoms with Crippen LogP contribution in [0.5, 0.6) is 11.5 Å². The maximum atomic E-state index is 13.0. The Balaban J connectivity index is 1.59. The van der Waals surface area contributed by atoms with Crippen molar-refractivity contribution in [3.8, 4) is 23.8 Å². The smallest absolute Gasteiger partial charge is 0.262 e. The van der Waals surface area contributed by atoms with Crippen molar-refractivity contribution in [3.05, 3.63) is 92.4 Å². The molecular weight excluding hydrogens is 605 g/mol. The summed E-state index contributed by atoms with van der Waals surface area (Å²) in [5.74, 6) is 2.66. The van der Waals surface area contributed by atoms with Gasteiger partial charge in [0, 0.05) is 27.9 Å². The molecule has 0 heterocycles. The first-order valence-corrected chi connectivity index (χ1v) is 13.5. The molecule has 3 aromatic rings. The zero-order valence-corrected chi connectivity index (χ0v) is 23.9. The number of terminal acetylenes is 1. The molecule has 0 fully saturated rings. The van der Waals surface area contributed by atoms with E-state index in [0.717, 1.165) is 10.0 Å². The van der Waals surface area contributed by atoms with Crippen LogP contribution in [0.4, 0.5) is 0 Å². The van der Waals surface area contributed by atoms with E-state index in [1.807, 2.05) is 36.4 Å². The Bertz CT molecular complexity index is 1350.